The van der Waals surface area contributed by atoms with E-state index < -0.39 is 0 Å². The maximum Gasteiger partial charge on any atom is 0.162 e. The number of Topliss-reactive ketones (excluding diaryl/α,β-unsaturated/α-hetero) is 1. The molecule has 2 rings (SSSR count). The average Bonchev–Trinajstić information content (AvgIpc) is 2.71. The Bertz CT molecular complexity index is 538. The van der Waals surface area contributed by atoms with Crippen LogP contribution in [0.25, 0.3) is 11.3 Å². The molecular weight excluding hydrogens is 214 g/mol. The number of rotatable bonds is 3. The second-order valence-electron chi connectivity index (χ2n) is 4.01. The van der Waals surface area contributed by atoms with Gasteiger partial charge in [-0.15, -0.1) is 0 Å². The second-order valence-corrected chi connectivity index (χ2v) is 4.01. The van der Waals surface area contributed by atoms with Gasteiger partial charge in [0.05, 0.1) is 12.8 Å². The Morgan fingerprint density at radius 1 is 1.24 bits per heavy atom. The average molecular weight is 229 g/mol. The van der Waals surface area contributed by atoms with E-state index in [9.17, 15) is 4.79 Å². The highest BCUT2D eigenvalue weighted by Crippen LogP contribution is 2.27. The van der Waals surface area contributed by atoms with Crippen molar-refractivity contribution in [2.24, 2.45) is 0 Å². The first-order valence-electron chi connectivity index (χ1n) is 5.47. The number of aryl methyl sites for hydroxylation is 1. The number of ketones is 1. The summed E-state index contributed by atoms with van der Waals surface area (Å²) in [6, 6.07) is 7.65. The molecule has 1 aromatic heterocycles. The van der Waals surface area contributed by atoms with Crippen molar-refractivity contribution in [3.05, 3.63) is 41.6 Å². The summed E-state index contributed by atoms with van der Waals surface area (Å²) in [4.78, 5) is 14.7. The predicted octanol–water partition coefficient (Wildman–Crippen LogP) is 3.20. The third-order valence-corrected chi connectivity index (χ3v) is 2.81. The van der Waals surface area contributed by atoms with Crippen LogP contribution in [0.4, 0.5) is 0 Å². The van der Waals surface area contributed by atoms with Crippen LogP contribution in [0.15, 0.2) is 30.5 Å². The van der Waals surface area contributed by atoms with Crippen molar-refractivity contribution in [3.8, 4) is 17.0 Å². The van der Waals surface area contributed by atoms with Gasteiger partial charge in [0.2, 0.25) is 0 Å². The fourth-order valence-corrected chi connectivity index (χ4v) is 1.96. The Morgan fingerprint density at radius 3 is 2.41 bits per heavy atom. The van der Waals surface area contributed by atoms with E-state index in [1.54, 1.807) is 14.0 Å². The van der Waals surface area contributed by atoms with Gasteiger partial charge in [0.25, 0.3) is 0 Å². The van der Waals surface area contributed by atoms with Crippen LogP contribution in [-0.4, -0.2) is 17.9 Å². The Kier molecular flexibility index (Phi) is 3.00. The zero-order valence-corrected chi connectivity index (χ0v) is 10.2. The van der Waals surface area contributed by atoms with Crippen molar-refractivity contribution in [2.45, 2.75) is 13.8 Å². The Hall–Kier alpha value is -2.03. The number of carbonyl (C=O) groups excluding carboxylic acids is 1. The highest BCUT2D eigenvalue weighted by molar-refractivity contribution is 6.01. The minimum Gasteiger partial charge on any atom is -0.497 e. The van der Waals surface area contributed by atoms with Crippen molar-refractivity contribution < 1.29 is 9.53 Å². The van der Waals surface area contributed by atoms with Gasteiger partial charge < -0.3 is 9.72 Å². The van der Waals surface area contributed by atoms with Crippen molar-refractivity contribution >= 4 is 5.78 Å². The molecule has 0 aliphatic carbocycles. The zero-order chi connectivity index (χ0) is 12.4. The van der Waals surface area contributed by atoms with E-state index in [-0.39, 0.29) is 5.78 Å². The highest BCUT2D eigenvalue weighted by Gasteiger charge is 2.13. The van der Waals surface area contributed by atoms with E-state index in [2.05, 4.69) is 4.98 Å². The van der Waals surface area contributed by atoms with Crippen LogP contribution in [0, 0.1) is 6.92 Å². The summed E-state index contributed by atoms with van der Waals surface area (Å²) in [6.45, 7) is 3.52. The Labute approximate surface area is 100 Å². The molecule has 0 spiro atoms. The molecule has 0 amide bonds. The minimum atomic E-state index is 0.0783. The highest BCUT2D eigenvalue weighted by atomic mass is 16.5. The lowest BCUT2D eigenvalue weighted by atomic mass is 10.0. The first-order chi connectivity index (χ1) is 8.13. The number of methoxy groups -OCH3 is 1. The molecule has 0 saturated heterocycles. The molecule has 0 fully saturated rings. The van der Waals surface area contributed by atoms with Crippen LogP contribution >= 0.6 is 0 Å². The summed E-state index contributed by atoms with van der Waals surface area (Å²) in [7, 11) is 1.63. The van der Waals surface area contributed by atoms with E-state index in [0.29, 0.717) is 0 Å². The summed E-state index contributed by atoms with van der Waals surface area (Å²) >= 11 is 0. The van der Waals surface area contributed by atoms with E-state index in [0.717, 1.165) is 28.1 Å². The summed E-state index contributed by atoms with van der Waals surface area (Å²) in [6.07, 6.45) is 1.86. The van der Waals surface area contributed by atoms with Gasteiger partial charge in [0.1, 0.15) is 5.75 Å². The molecule has 3 heteroatoms. The van der Waals surface area contributed by atoms with Gasteiger partial charge in [-0.3, -0.25) is 4.79 Å². The predicted molar refractivity (Wildman–Crippen MR) is 67.5 cm³/mol. The smallest absolute Gasteiger partial charge is 0.162 e. The number of H-pyrrole nitrogens is 1. The molecule has 1 N–H and O–H groups in total. The lowest BCUT2D eigenvalue weighted by Gasteiger charge is -2.04. The monoisotopic (exact) mass is 229 g/mol. The molecule has 0 aliphatic heterocycles. The van der Waals surface area contributed by atoms with Gasteiger partial charge in [0.15, 0.2) is 5.78 Å². The quantitative estimate of drug-likeness (QED) is 0.821. The molecule has 0 aliphatic rings. The molecule has 2 aromatic rings. The maximum absolute atomic E-state index is 11.6. The fraction of sp³-hybridized carbons (Fsp3) is 0.214. The number of hydrogen-bond donors (Lipinski definition) is 1. The van der Waals surface area contributed by atoms with Crippen LogP contribution in [0.2, 0.25) is 0 Å². The number of aromatic nitrogens is 1. The van der Waals surface area contributed by atoms with E-state index in [1.807, 2.05) is 37.4 Å². The molecular formula is C14H15NO2. The topological polar surface area (TPSA) is 42.1 Å². The van der Waals surface area contributed by atoms with Gasteiger partial charge in [-0.05, 0) is 49.2 Å². The molecule has 1 aromatic carbocycles. The Balaban J connectivity index is 2.49. The first kappa shape index (κ1) is 11.5. The van der Waals surface area contributed by atoms with Gasteiger partial charge in [-0.2, -0.15) is 0 Å². The number of nitrogens with one attached hydrogen (secondary N) is 1. The molecule has 0 saturated carbocycles. The van der Waals surface area contributed by atoms with Gasteiger partial charge in [-0.25, -0.2) is 0 Å². The number of ether oxygens (including phenoxy) is 1. The largest absolute Gasteiger partial charge is 0.497 e. The van der Waals surface area contributed by atoms with Crippen LogP contribution in [0.3, 0.4) is 0 Å². The van der Waals surface area contributed by atoms with Crippen molar-refractivity contribution in [1.82, 2.24) is 4.98 Å². The summed E-state index contributed by atoms with van der Waals surface area (Å²) in [5, 5.41) is 0. The number of hydrogen-bond acceptors (Lipinski definition) is 2. The molecule has 17 heavy (non-hydrogen) atoms. The lowest BCUT2D eigenvalue weighted by Crippen LogP contribution is -1.95. The summed E-state index contributed by atoms with van der Waals surface area (Å²) in [5.41, 5.74) is 3.60. The van der Waals surface area contributed by atoms with Crippen LogP contribution in [-0.2, 0) is 0 Å². The molecule has 3 nitrogen and oxygen atoms in total. The lowest BCUT2D eigenvalue weighted by molar-refractivity contribution is 0.101. The summed E-state index contributed by atoms with van der Waals surface area (Å²) in [5.74, 6) is 0.885. The molecule has 0 bridgehead atoms. The van der Waals surface area contributed by atoms with Crippen LogP contribution in [0.5, 0.6) is 5.75 Å². The van der Waals surface area contributed by atoms with E-state index in [1.165, 1.54) is 0 Å². The molecule has 0 radical (unpaired) electrons. The third kappa shape index (κ3) is 2.09. The molecule has 0 atom stereocenters. The van der Waals surface area contributed by atoms with Gasteiger partial charge >= 0.3 is 0 Å². The van der Waals surface area contributed by atoms with Crippen molar-refractivity contribution in [3.63, 3.8) is 0 Å². The third-order valence-electron chi connectivity index (χ3n) is 2.81. The SMILES string of the molecule is COc1ccc(-c2[nH]cc(C)c2C(C)=O)cc1. The van der Waals surface area contributed by atoms with Crippen LogP contribution in [0.1, 0.15) is 22.8 Å². The fourth-order valence-electron chi connectivity index (χ4n) is 1.96. The minimum absolute atomic E-state index is 0.0783. The number of aromatic amines is 1. The van der Waals surface area contributed by atoms with Crippen molar-refractivity contribution in [2.75, 3.05) is 7.11 Å². The normalized spacial score (nSPS) is 10.3. The summed E-state index contributed by atoms with van der Waals surface area (Å²) < 4.78 is 5.11. The standard InChI is InChI=1S/C14H15NO2/c1-9-8-15-14(13(9)10(2)16)11-4-6-12(17-3)7-5-11/h4-8,15H,1-3H3. The molecule has 88 valence electrons. The van der Waals surface area contributed by atoms with E-state index >= 15 is 0 Å². The molecule has 1 heterocycles. The molecule has 0 unspecified atom stereocenters. The van der Waals surface area contributed by atoms with E-state index in [4.69, 9.17) is 4.74 Å². The number of benzene rings is 1. The second kappa shape index (κ2) is 4.45. The van der Waals surface area contributed by atoms with Crippen molar-refractivity contribution in [1.29, 1.82) is 0 Å². The Morgan fingerprint density at radius 2 is 1.88 bits per heavy atom. The van der Waals surface area contributed by atoms with Gasteiger partial charge in [0, 0.05) is 11.8 Å². The zero-order valence-electron chi connectivity index (χ0n) is 10.2. The van der Waals surface area contributed by atoms with Crippen LogP contribution < -0.4 is 4.74 Å². The van der Waals surface area contributed by atoms with Gasteiger partial charge in [-0.1, -0.05) is 0 Å². The maximum atomic E-state index is 11.6. The first-order valence-corrected chi connectivity index (χ1v) is 5.47. The number of carbonyl (C=O) groups is 1.